The van der Waals surface area contributed by atoms with Crippen LogP contribution in [0.3, 0.4) is 0 Å². The summed E-state index contributed by atoms with van der Waals surface area (Å²) in [7, 11) is 0. The maximum Gasteiger partial charge on any atom is 0.267 e. The summed E-state index contributed by atoms with van der Waals surface area (Å²) in [6.45, 7) is 0.330. The fourth-order valence-electron chi connectivity index (χ4n) is 3.43. The van der Waals surface area contributed by atoms with E-state index in [1.165, 1.54) is 29.3 Å². The smallest absolute Gasteiger partial charge is 0.267 e. The molecular formula is C22H19FN4O2. The molecule has 3 aromatic carbocycles. The fraction of sp³-hybridized carbons (Fsp3) is 0.136. The van der Waals surface area contributed by atoms with Crippen LogP contribution in [0.2, 0.25) is 0 Å². The Morgan fingerprint density at radius 3 is 2.55 bits per heavy atom. The number of anilines is 1. The average Bonchev–Trinajstić information content (AvgIpc) is 3.18. The lowest BCUT2D eigenvalue weighted by Gasteiger charge is -2.20. The summed E-state index contributed by atoms with van der Waals surface area (Å²) in [4.78, 5) is 24.5. The number of carbonyl (C=O) groups excluding carboxylic acids is 2. The van der Waals surface area contributed by atoms with E-state index in [9.17, 15) is 14.0 Å². The zero-order valence-electron chi connectivity index (χ0n) is 15.5. The molecule has 2 amide bonds. The number of amides is 2. The van der Waals surface area contributed by atoms with E-state index in [1.807, 2.05) is 42.5 Å². The molecule has 0 bridgehead atoms. The number of hydrogen-bond donors (Lipinski definition) is 2. The van der Waals surface area contributed by atoms with Crippen LogP contribution < -0.4 is 16.1 Å². The maximum atomic E-state index is 13.2. The van der Waals surface area contributed by atoms with E-state index in [0.29, 0.717) is 12.2 Å². The number of nitrogens with one attached hydrogen (secondary N) is 1. The number of nitrogens with two attached hydrogens (primary N) is 1. The highest BCUT2D eigenvalue weighted by molar-refractivity contribution is 6.40. The number of rotatable bonds is 5. The normalized spacial score (nSPS) is 16.0. The Bertz CT molecular complexity index is 1110. The minimum Gasteiger partial charge on any atom is -0.368 e. The van der Waals surface area contributed by atoms with Gasteiger partial charge in [0.15, 0.2) is 0 Å². The predicted molar refractivity (Wildman–Crippen MR) is 110 cm³/mol. The van der Waals surface area contributed by atoms with E-state index in [1.54, 1.807) is 0 Å². The van der Waals surface area contributed by atoms with Gasteiger partial charge in [-0.3, -0.25) is 14.6 Å². The second-order valence-corrected chi connectivity index (χ2v) is 6.81. The van der Waals surface area contributed by atoms with Crippen LogP contribution in [0.25, 0.3) is 10.8 Å². The average molecular weight is 390 g/mol. The summed E-state index contributed by atoms with van der Waals surface area (Å²) >= 11 is 0. The van der Waals surface area contributed by atoms with Gasteiger partial charge in [0.25, 0.3) is 5.91 Å². The van der Waals surface area contributed by atoms with E-state index in [2.05, 4.69) is 10.4 Å². The van der Waals surface area contributed by atoms with Crippen molar-refractivity contribution in [3.8, 4) is 0 Å². The monoisotopic (exact) mass is 390 g/mol. The van der Waals surface area contributed by atoms with Crippen LogP contribution in [0.4, 0.5) is 10.1 Å². The van der Waals surface area contributed by atoms with Crippen molar-refractivity contribution in [2.45, 2.75) is 19.0 Å². The first-order valence-electron chi connectivity index (χ1n) is 9.19. The number of primary amides is 1. The van der Waals surface area contributed by atoms with Gasteiger partial charge in [-0.05, 0) is 40.6 Å². The third-order valence-corrected chi connectivity index (χ3v) is 4.91. The molecule has 6 nitrogen and oxygen atoms in total. The number of hydrogen-bond acceptors (Lipinski definition) is 4. The van der Waals surface area contributed by atoms with E-state index in [0.717, 1.165) is 16.3 Å². The molecule has 1 aliphatic heterocycles. The lowest BCUT2D eigenvalue weighted by molar-refractivity contribution is -0.119. The van der Waals surface area contributed by atoms with Gasteiger partial charge in [0.2, 0.25) is 5.91 Å². The molecule has 0 spiro atoms. The van der Waals surface area contributed by atoms with Gasteiger partial charge in [0.05, 0.1) is 5.69 Å². The van der Waals surface area contributed by atoms with Crippen molar-refractivity contribution in [2.24, 2.45) is 10.8 Å². The fourth-order valence-corrected chi connectivity index (χ4v) is 3.43. The van der Waals surface area contributed by atoms with Crippen molar-refractivity contribution in [1.82, 2.24) is 5.32 Å². The highest BCUT2D eigenvalue weighted by Crippen LogP contribution is 2.25. The minimum atomic E-state index is -0.793. The summed E-state index contributed by atoms with van der Waals surface area (Å²) < 4.78 is 13.2. The minimum absolute atomic E-state index is 0.0913. The van der Waals surface area contributed by atoms with Crippen molar-refractivity contribution in [2.75, 3.05) is 5.01 Å². The van der Waals surface area contributed by atoms with Gasteiger partial charge in [0.1, 0.15) is 17.6 Å². The second-order valence-electron chi connectivity index (χ2n) is 6.81. The quantitative estimate of drug-likeness (QED) is 0.702. The maximum absolute atomic E-state index is 13.2. The molecule has 1 heterocycles. The van der Waals surface area contributed by atoms with Crippen LogP contribution >= 0.6 is 0 Å². The van der Waals surface area contributed by atoms with Crippen molar-refractivity contribution < 1.29 is 14.0 Å². The third-order valence-electron chi connectivity index (χ3n) is 4.91. The third kappa shape index (κ3) is 3.80. The summed E-state index contributed by atoms with van der Waals surface area (Å²) in [6.07, 6.45) is 0.0913. The van der Waals surface area contributed by atoms with Crippen LogP contribution in [0.15, 0.2) is 71.8 Å². The molecule has 1 atom stereocenters. The number of carbonyl (C=O) groups is 2. The lowest BCUT2D eigenvalue weighted by Crippen LogP contribution is -2.39. The second kappa shape index (κ2) is 7.71. The summed E-state index contributed by atoms with van der Waals surface area (Å²) in [5.74, 6) is -1.37. The first-order valence-corrected chi connectivity index (χ1v) is 9.19. The van der Waals surface area contributed by atoms with Gasteiger partial charge in [-0.25, -0.2) is 4.39 Å². The lowest BCUT2D eigenvalue weighted by atomic mass is 10.0. The molecule has 3 N–H and O–H groups in total. The van der Waals surface area contributed by atoms with Crippen molar-refractivity contribution in [1.29, 1.82) is 0 Å². The molecule has 1 aliphatic rings. The Labute approximate surface area is 166 Å². The van der Waals surface area contributed by atoms with Gasteiger partial charge >= 0.3 is 0 Å². The Hall–Kier alpha value is -3.74. The van der Waals surface area contributed by atoms with Crippen LogP contribution in [-0.4, -0.2) is 23.6 Å². The number of benzene rings is 3. The van der Waals surface area contributed by atoms with Crippen molar-refractivity contribution >= 4 is 34.0 Å². The Morgan fingerprint density at radius 2 is 1.79 bits per heavy atom. The van der Waals surface area contributed by atoms with E-state index >= 15 is 0 Å². The first kappa shape index (κ1) is 18.6. The molecule has 146 valence electrons. The molecule has 29 heavy (non-hydrogen) atoms. The molecule has 0 aromatic heterocycles. The number of fused-ring (bicyclic) bond motifs is 1. The SMILES string of the molecule is NC(=O)C1CC(C(=O)NCc2cccc3ccccc23)=NN1c1ccc(F)cc1. The highest BCUT2D eigenvalue weighted by atomic mass is 19.1. The Kier molecular flexibility index (Phi) is 4.95. The molecule has 3 aromatic rings. The summed E-state index contributed by atoms with van der Waals surface area (Å²) in [6, 6.07) is 18.6. The predicted octanol–water partition coefficient (Wildman–Crippen LogP) is 2.72. The molecule has 0 aliphatic carbocycles. The molecule has 7 heteroatoms. The first-order chi connectivity index (χ1) is 14.0. The van der Waals surface area contributed by atoms with E-state index < -0.39 is 17.8 Å². The van der Waals surface area contributed by atoms with Crippen molar-refractivity contribution in [3.63, 3.8) is 0 Å². The van der Waals surface area contributed by atoms with E-state index in [4.69, 9.17) is 5.73 Å². The van der Waals surface area contributed by atoms with Crippen LogP contribution in [0, 0.1) is 5.82 Å². The molecule has 4 rings (SSSR count). The zero-order chi connectivity index (χ0) is 20.4. The van der Waals surface area contributed by atoms with Gasteiger partial charge in [0, 0.05) is 13.0 Å². The summed E-state index contributed by atoms with van der Waals surface area (Å²) in [5.41, 5.74) is 7.17. The van der Waals surface area contributed by atoms with Crippen LogP contribution in [0.5, 0.6) is 0 Å². The molecule has 0 saturated carbocycles. The van der Waals surface area contributed by atoms with Gasteiger partial charge in [-0.1, -0.05) is 42.5 Å². The van der Waals surface area contributed by atoms with Gasteiger partial charge in [-0.15, -0.1) is 0 Å². The van der Waals surface area contributed by atoms with E-state index in [-0.39, 0.29) is 18.0 Å². The molecule has 0 saturated heterocycles. The molecule has 0 radical (unpaired) electrons. The van der Waals surface area contributed by atoms with Crippen LogP contribution in [-0.2, 0) is 16.1 Å². The number of hydrazone groups is 1. The largest absolute Gasteiger partial charge is 0.368 e. The standard InChI is InChI=1S/C22H19FN4O2/c23-16-8-10-17(11-9-16)27-20(21(24)28)12-19(26-27)22(29)25-13-15-6-3-5-14-4-1-2-7-18(14)15/h1-11,20H,12-13H2,(H2,24,28)(H,25,29). The van der Waals surface area contributed by atoms with Crippen LogP contribution in [0.1, 0.15) is 12.0 Å². The van der Waals surface area contributed by atoms with Gasteiger partial charge < -0.3 is 11.1 Å². The highest BCUT2D eigenvalue weighted by Gasteiger charge is 2.34. The topological polar surface area (TPSA) is 87.8 Å². The van der Waals surface area contributed by atoms with Gasteiger partial charge in [-0.2, -0.15) is 5.10 Å². The molecule has 1 unspecified atom stereocenters. The number of nitrogens with zero attached hydrogens (tertiary/aromatic N) is 2. The van der Waals surface area contributed by atoms with Crippen molar-refractivity contribution in [3.05, 3.63) is 78.1 Å². The molecule has 0 fully saturated rings. The summed E-state index contributed by atoms with van der Waals surface area (Å²) in [5, 5.41) is 10.7. The Morgan fingerprint density at radius 1 is 1.07 bits per heavy atom. The number of halogens is 1. The molecular weight excluding hydrogens is 371 g/mol. The Balaban J connectivity index is 1.52. The zero-order valence-corrected chi connectivity index (χ0v) is 15.5.